The Labute approximate surface area is 128 Å². The Hall–Kier alpha value is -1.70. The highest BCUT2D eigenvalue weighted by Gasteiger charge is 2.15. The molecule has 116 valence electrons. The van der Waals surface area contributed by atoms with Gasteiger partial charge in [-0.25, -0.2) is 0 Å². The van der Waals surface area contributed by atoms with Crippen molar-refractivity contribution >= 4 is 23.2 Å². The standard InChI is InChI=1S/C13H18ClN3O4/c1-16(2)6-8-21-7-5-15-13(18)11-9-10(17(19)20)3-4-12(11)14/h3-4,9H,5-8H2,1-2H3,(H,15,18). The molecule has 1 rings (SSSR count). The molecule has 1 aromatic carbocycles. The van der Waals surface area contributed by atoms with Gasteiger partial charge in [-0.05, 0) is 20.2 Å². The molecule has 0 heterocycles. The molecule has 21 heavy (non-hydrogen) atoms. The fraction of sp³-hybridized carbons (Fsp3) is 0.462. The zero-order chi connectivity index (χ0) is 15.8. The van der Waals surface area contributed by atoms with E-state index in [9.17, 15) is 14.9 Å². The zero-order valence-corrected chi connectivity index (χ0v) is 12.7. The molecule has 7 nitrogen and oxygen atoms in total. The minimum absolute atomic E-state index is 0.0826. The van der Waals surface area contributed by atoms with Gasteiger partial charge in [0.05, 0.1) is 28.7 Å². The Bertz CT molecular complexity index is 508. The van der Waals surface area contributed by atoms with Crippen LogP contribution in [0.25, 0.3) is 0 Å². The lowest BCUT2D eigenvalue weighted by atomic mass is 10.2. The lowest BCUT2D eigenvalue weighted by Gasteiger charge is -2.10. The molecule has 0 saturated carbocycles. The first-order valence-electron chi connectivity index (χ1n) is 6.36. The Morgan fingerprint density at radius 3 is 2.76 bits per heavy atom. The van der Waals surface area contributed by atoms with E-state index >= 15 is 0 Å². The summed E-state index contributed by atoms with van der Waals surface area (Å²) < 4.78 is 5.33. The molecule has 0 aliphatic rings. The summed E-state index contributed by atoms with van der Waals surface area (Å²) in [6.45, 7) is 2.04. The molecular weight excluding hydrogens is 298 g/mol. The van der Waals surface area contributed by atoms with Crippen molar-refractivity contribution in [2.45, 2.75) is 0 Å². The minimum atomic E-state index is -0.572. The molecule has 0 radical (unpaired) electrons. The molecule has 0 spiro atoms. The van der Waals surface area contributed by atoms with Crippen molar-refractivity contribution in [2.75, 3.05) is 40.4 Å². The first-order valence-corrected chi connectivity index (χ1v) is 6.74. The van der Waals surface area contributed by atoms with E-state index in [4.69, 9.17) is 16.3 Å². The normalized spacial score (nSPS) is 10.7. The van der Waals surface area contributed by atoms with Crippen LogP contribution in [-0.4, -0.2) is 56.1 Å². The third-order valence-corrected chi connectivity index (χ3v) is 2.95. The van der Waals surface area contributed by atoms with Crippen LogP contribution < -0.4 is 5.32 Å². The molecule has 1 N–H and O–H groups in total. The summed E-state index contributed by atoms with van der Waals surface area (Å²) in [6.07, 6.45) is 0. The van der Waals surface area contributed by atoms with Crippen molar-refractivity contribution in [1.29, 1.82) is 0 Å². The molecule has 0 saturated heterocycles. The molecule has 8 heteroatoms. The molecule has 0 aliphatic carbocycles. The molecule has 0 fully saturated rings. The molecule has 1 amide bonds. The number of hydrogen-bond donors (Lipinski definition) is 1. The number of nitrogens with zero attached hydrogens (tertiary/aromatic N) is 2. The summed E-state index contributed by atoms with van der Waals surface area (Å²) in [6, 6.07) is 3.75. The summed E-state index contributed by atoms with van der Waals surface area (Å²) in [5, 5.41) is 13.5. The molecule has 0 bridgehead atoms. The van der Waals surface area contributed by atoms with E-state index in [-0.39, 0.29) is 16.3 Å². The lowest BCUT2D eigenvalue weighted by molar-refractivity contribution is -0.384. The highest BCUT2D eigenvalue weighted by Crippen LogP contribution is 2.21. The quantitative estimate of drug-likeness (QED) is 0.447. The molecule has 0 atom stereocenters. The van der Waals surface area contributed by atoms with Crippen molar-refractivity contribution in [3.63, 3.8) is 0 Å². The summed E-state index contributed by atoms with van der Waals surface area (Å²) in [5.41, 5.74) is -0.0917. The maximum Gasteiger partial charge on any atom is 0.270 e. The van der Waals surface area contributed by atoms with Gasteiger partial charge in [-0.3, -0.25) is 14.9 Å². The summed E-state index contributed by atoms with van der Waals surface area (Å²) in [4.78, 5) is 24.0. The van der Waals surface area contributed by atoms with Crippen LogP contribution in [0.4, 0.5) is 5.69 Å². The van der Waals surface area contributed by atoms with Gasteiger partial charge >= 0.3 is 0 Å². The zero-order valence-electron chi connectivity index (χ0n) is 12.0. The second-order valence-electron chi connectivity index (χ2n) is 4.59. The van der Waals surface area contributed by atoms with Crippen LogP contribution in [0.15, 0.2) is 18.2 Å². The monoisotopic (exact) mass is 315 g/mol. The predicted molar refractivity (Wildman–Crippen MR) is 79.8 cm³/mol. The number of hydrogen-bond acceptors (Lipinski definition) is 5. The average Bonchev–Trinajstić information content (AvgIpc) is 2.42. The van der Waals surface area contributed by atoms with Crippen LogP contribution in [0.2, 0.25) is 5.02 Å². The maximum absolute atomic E-state index is 11.9. The van der Waals surface area contributed by atoms with Gasteiger partial charge in [0.15, 0.2) is 0 Å². The van der Waals surface area contributed by atoms with Crippen molar-refractivity contribution < 1.29 is 14.5 Å². The molecule has 0 aromatic heterocycles. The van der Waals surface area contributed by atoms with Gasteiger partial charge < -0.3 is 15.0 Å². The number of carbonyl (C=O) groups excluding carboxylic acids is 1. The van der Waals surface area contributed by atoms with E-state index in [1.54, 1.807) is 0 Å². The van der Waals surface area contributed by atoms with Gasteiger partial charge in [0.2, 0.25) is 0 Å². The minimum Gasteiger partial charge on any atom is -0.378 e. The second-order valence-corrected chi connectivity index (χ2v) is 5.00. The first-order chi connectivity index (χ1) is 9.91. The number of halogens is 1. The summed E-state index contributed by atoms with van der Waals surface area (Å²) >= 11 is 5.87. The number of nitro benzene ring substituents is 1. The molecular formula is C13H18ClN3O4. The largest absolute Gasteiger partial charge is 0.378 e. The fourth-order valence-electron chi connectivity index (χ4n) is 1.48. The van der Waals surface area contributed by atoms with Crippen molar-refractivity contribution in [3.05, 3.63) is 38.9 Å². The number of nitro groups is 1. The van der Waals surface area contributed by atoms with Gasteiger partial charge in [-0.15, -0.1) is 0 Å². The van der Waals surface area contributed by atoms with E-state index in [0.29, 0.717) is 19.8 Å². The third-order valence-electron chi connectivity index (χ3n) is 2.62. The SMILES string of the molecule is CN(C)CCOCCNC(=O)c1cc([N+](=O)[O-])ccc1Cl. The summed E-state index contributed by atoms with van der Waals surface area (Å²) in [7, 11) is 3.88. The molecule has 0 unspecified atom stereocenters. The van der Waals surface area contributed by atoms with Crippen molar-refractivity contribution in [1.82, 2.24) is 10.2 Å². The summed E-state index contributed by atoms with van der Waals surface area (Å²) in [5.74, 6) is -0.458. The Morgan fingerprint density at radius 2 is 2.14 bits per heavy atom. The van der Waals surface area contributed by atoms with Crippen LogP contribution in [0.3, 0.4) is 0 Å². The Morgan fingerprint density at radius 1 is 1.43 bits per heavy atom. The topological polar surface area (TPSA) is 84.7 Å². The van der Waals surface area contributed by atoms with Gasteiger partial charge in [-0.2, -0.15) is 0 Å². The Balaban J connectivity index is 2.45. The number of nitrogens with one attached hydrogen (secondary N) is 1. The van der Waals surface area contributed by atoms with Crippen LogP contribution in [-0.2, 0) is 4.74 Å². The lowest BCUT2D eigenvalue weighted by Crippen LogP contribution is -2.28. The maximum atomic E-state index is 11.9. The van der Waals surface area contributed by atoms with Crippen molar-refractivity contribution in [3.8, 4) is 0 Å². The van der Waals surface area contributed by atoms with Gasteiger partial charge in [-0.1, -0.05) is 11.6 Å². The number of rotatable bonds is 8. The number of likely N-dealkylation sites (N-methyl/N-ethyl adjacent to an activating group) is 1. The smallest absolute Gasteiger partial charge is 0.270 e. The fourth-order valence-corrected chi connectivity index (χ4v) is 1.69. The van der Waals surface area contributed by atoms with Crippen LogP contribution >= 0.6 is 11.6 Å². The van der Waals surface area contributed by atoms with E-state index < -0.39 is 10.8 Å². The van der Waals surface area contributed by atoms with Gasteiger partial charge in [0.25, 0.3) is 11.6 Å². The Kier molecular flexibility index (Phi) is 7.07. The highest BCUT2D eigenvalue weighted by molar-refractivity contribution is 6.33. The highest BCUT2D eigenvalue weighted by atomic mass is 35.5. The number of benzene rings is 1. The van der Waals surface area contributed by atoms with Gasteiger partial charge in [0.1, 0.15) is 0 Å². The third kappa shape index (κ3) is 6.07. The first kappa shape index (κ1) is 17.4. The van der Waals surface area contributed by atoms with Crippen molar-refractivity contribution in [2.24, 2.45) is 0 Å². The molecule has 1 aromatic rings. The van der Waals surface area contributed by atoms with E-state index in [1.165, 1.54) is 12.1 Å². The van der Waals surface area contributed by atoms with E-state index in [0.717, 1.165) is 12.6 Å². The molecule has 0 aliphatic heterocycles. The number of non-ortho nitro benzene ring substituents is 1. The van der Waals surface area contributed by atoms with Crippen LogP contribution in [0.5, 0.6) is 0 Å². The van der Waals surface area contributed by atoms with E-state index in [2.05, 4.69) is 5.32 Å². The number of ether oxygens (including phenoxy) is 1. The number of amides is 1. The second kappa shape index (κ2) is 8.56. The predicted octanol–water partition coefficient (Wildman–Crippen LogP) is 1.56. The van der Waals surface area contributed by atoms with Crippen LogP contribution in [0.1, 0.15) is 10.4 Å². The number of carbonyl (C=O) groups is 1. The van der Waals surface area contributed by atoms with Gasteiger partial charge in [0, 0.05) is 25.2 Å². The van der Waals surface area contributed by atoms with Crippen LogP contribution in [0, 0.1) is 10.1 Å². The van der Waals surface area contributed by atoms with E-state index in [1.807, 2.05) is 19.0 Å². The average molecular weight is 316 g/mol.